The number of carboxylic acid groups (broad SMARTS) is 1. The molecule has 3 saturated heterocycles. The van der Waals surface area contributed by atoms with Crippen LogP contribution in [0.4, 0.5) is 0 Å². The molecule has 0 radical (unpaired) electrons. The molecule has 15 heteroatoms. The molecule has 3 aliphatic heterocycles. The number of amides is 1. The Morgan fingerprint density at radius 1 is 0.596 bits per heavy atom. The van der Waals surface area contributed by atoms with Gasteiger partial charge >= 0.3 is 5.97 Å². The van der Waals surface area contributed by atoms with Gasteiger partial charge in [0.2, 0.25) is 5.91 Å². The number of hydrogen-bond donors (Lipinski definition) is 10. The average molecular weight is 680 g/mol. The number of nitrogens with one attached hydrogen (secondary N) is 1. The molecule has 0 aromatic carbocycles. The van der Waals surface area contributed by atoms with Crippen molar-refractivity contribution in [1.29, 1.82) is 0 Å². The van der Waals surface area contributed by atoms with Crippen molar-refractivity contribution in [2.24, 2.45) is 11.8 Å². The van der Waals surface area contributed by atoms with Crippen LogP contribution in [-0.4, -0.2) is 150 Å². The molecule has 3 heterocycles. The first kappa shape index (κ1) is 39.9. The summed E-state index contributed by atoms with van der Waals surface area (Å²) in [6.45, 7) is 1.78. The lowest BCUT2D eigenvalue weighted by atomic mass is 9.74. The fourth-order valence-corrected chi connectivity index (χ4v) is 7.39. The number of ether oxygens (including phenoxy) is 3. The minimum Gasteiger partial charge on any atom is -0.481 e. The second kappa shape index (κ2) is 19.0. The van der Waals surface area contributed by atoms with E-state index in [9.17, 15) is 50.4 Å². The minimum atomic E-state index is -1.51. The van der Waals surface area contributed by atoms with E-state index in [1.54, 1.807) is 0 Å². The minimum absolute atomic E-state index is 0.0223. The molecule has 3 fully saturated rings. The highest BCUT2D eigenvalue weighted by molar-refractivity contribution is 5.73. The summed E-state index contributed by atoms with van der Waals surface area (Å²) in [5.74, 6) is -2.90. The molecule has 0 aromatic rings. The highest BCUT2D eigenvalue weighted by Crippen LogP contribution is 2.40. The number of carbonyl (C=O) groups is 2. The molecule has 0 unspecified atom stereocenters. The van der Waals surface area contributed by atoms with Crippen LogP contribution in [0.1, 0.15) is 84.5 Å². The van der Waals surface area contributed by atoms with Gasteiger partial charge < -0.3 is 65.5 Å². The van der Waals surface area contributed by atoms with Gasteiger partial charge in [-0.25, -0.2) is 0 Å². The van der Waals surface area contributed by atoms with Crippen LogP contribution in [0.2, 0.25) is 0 Å². The molecule has 3 aliphatic rings. The number of unbranched alkanes of at least 4 members (excludes halogenated alkanes) is 6. The van der Waals surface area contributed by atoms with Crippen molar-refractivity contribution >= 4 is 11.9 Å². The quantitative estimate of drug-likeness (QED) is 0.0792. The van der Waals surface area contributed by atoms with Crippen molar-refractivity contribution in [3.8, 4) is 0 Å². The second-order valence-electron chi connectivity index (χ2n) is 13.5. The topological polar surface area (TPSA) is 256 Å². The van der Waals surface area contributed by atoms with Crippen molar-refractivity contribution < 1.29 is 69.8 Å². The maximum Gasteiger partial charge on any atom is 0.303 e. The number of hydrogen-bond acceptors (Lipinski definition) is 13. The van der Waals surface area contributed by atoms with E-state index in [4.69, 9.17) is 19.3 Å². The van der Waals surface area contributed by atoms with Gasteiger partial charge in [-0.1, -0.05) is 38.5 Å². The predicted molar refractivity (Wildman–Crippen MR) is 165 cm³/mol. The highest BCUT2D eigenvalue weighted by atomic mass is 16.5. The van der Waals surface area contributed by atoms with Crippen LogP contribution >= 0.6 is 0 Å². The van der Waals surface area contributed by atoms with E-state index in [2.05, 4.69) is 5.32 Å². The van der Waals surface area contributed by atoms with Crippen LogP contribution in [0.5, 0.6) is 0 Å². The van der Waals surface area contributed by atoms with E-state index in [1.165, 1.54) is 13.8 Å². The maximum absolute atomic E-state index is 12.2. The van der Waals surface area contributed by atoms with Crippen LogP contribution in [0.3, 0.4) is 0 Å². The van der Waals surface area contributed by atoms with Gasteiger partial charge in [0.05, 0.1) is 62.0 Å². The molecule has 0 saturated carbocycles. The standard InChI is InChI=1S/C32H57NO14/c1-16-27(39)32(44)30(42)22(45-16)13-18-21(47-24(15-35)31(43)29(18)41)12-19-23(14-34)46-20(26(28(19)40)33-17(2)36)10-8-6-4-3-5-7-9-11-25(37)38/h16,18-24,26-32,34-35,39-44H,3-15H2,1-2H3,(H,33,36)(H,37,38)/t16-,18-,19+,20-,21-,22-,23+,24+,26-,27+,28-,29+,30+,31-,32+/m0/s1. The number of aliphatic carboxylic acids is 1. The van der Waals surface area contributed by atoms with E-state index < -0.39 is 110 Å². The molecule has 0 aliphatic carbocycles. The third-order valence-electron chi connectivity index (χ3n) is 10.1. The van der Waals surface area contributed by atoms with Crippen molar-refractivity contribution in [3.63, 3.8) is 0 Å². The summed E-state index contributed by atoms with van der Waals surface area (Å²) in [7, 11) is 0. The van der Waals surface area contributed by atoms with Crippen LogP contribution in [0.25, 0.3) is 0 Å². The van der Waals surface area contributed by atoms with Crippen LogP contribution in [-0.2, 0) is 23.8 Å². The van der Waals surface area contributed by atoms with Crippen molar-refractivity contribution in [1.82, 2.24) is 5.32 Å². The second-order valence-corrected chi connectivity index (χ2v) is 13.5. The first-order valence-corrected chi connectivity index (χ1v) is 17.1. The first-order chi connectivity index (χ1) is 22.3. The average Bonchev–Trinajstić information content (AvgIpc) is 3.03. The van der Waals surface area contributed by atoms with Crippen molar-refractivity contribution in [2.45, 2.75) is 164 Å². The lowest BCUT2D eigenvalue weighted by molar-refractivity contribution is -0.251. The Balaban J connectivity index is 1.70. The Hall–Kier alpha value is -1.50. The molecule has 15 atom stereocenters. The summed E-state index contributed by atoms with van der Waals surface area (Å²) < 4.78 is 18.1. The molecule has 15 nitrogen and oxygen atoms in total. The first-order valence-electron chi connectivity index (χ1n) is 17.1. The highest BCUT2D eigenvalue weighted by Gasteiger charge is 2.52. The Labute approximate surface area is 275 Å². The predicted octanol–water partition coefficient (Wildman–Crippen LogP) is -1.43. The summed E-state index contributed by atoms with van der Waals surface area (Å²) in [6, 6.07) is -0.816. The summed E-state index contributed by atoms with van der Waals surface area (Å²) >= 11 is 0. The Bertz CT molecular complexity index is 959. The Morgan fingerprint density at radius 2 is 1.13 bits per heavy atom. The van der Waals surface area contributed by atoms with E-state index in [1.807, 2.05) is 0 Å². The monoisotopic (exact) mass is 679 g/mol. The lowest BCUT2D eigenvalue weighted by Gasteiger charge is -2.50. The molecule has 3 rings (SSSR count). The largest absolute Gasteiger partial charge is 0.481 e. The fourth-order valence-electron chi connectivity index (χ4n) is 7.39. The van der Waals surface area contributed by atoms with Crippen LogP contribution < -0.4 is 5.32 Å². The van der Waals surface area contributed by atoms with Crippen LogP contribution in [0, 0.1) is 11.8 Å². The summed E-state index contributed by atoms with van der Waals surface area (Å²) in [5.41, 5.74) is 0. The third-order valence-corrected chi connectivity index (χ3v) is 10.1. The number of carboxylic acids is 1. The number of carbonyl (C=O) groups excluding carboxylic acids is 1. The fraction of sp³-hybridized carbons (Fsp3) is 0.938. The van der Waals surface area contributed by atoms with Gasteiger partial charge in [0, 0.05) is 25.2 Å². The molecule has 0 spiro atoms. The smallest absolute Gasteiger partial charge is 0.303 e. The molecule has 0 bridgehead atoms. The number of aliphatic hydroxyl groups excluding tert-OH is 8. The molecular weight excluding hydrogens is 622 g/mol. The molecule has 47 heavy (non-hydrogen) atoms. The Kier molecular flexibility index (Phi) is 16.2. The molecular formula is C32H57NO14. The van der Waals surface area contributed by atoms with Gasteiger partial charge in [0.25, 0.3) is 0 Å². The molecule has 10 N–H and O–H groups in total. The molecule has 274 valence electrons. The van der Waals surface area contributed by atoms with Gasteiger partial charge in [-0.15, -0.1) is 0 Å². The number of aliphatic hydroxyl groups is 8. The maximum atomic E-state index is 12.2. The van der Waals surface area contributed by atoms with Gasteiger partial charge in [0.1, 0.15) is 30.5 Å². The zero-order valence-electron chi connectivity index (χ0n) is 27.4. The van der Waals surface area contributed by atoms with Gasteiger partial charge in [0.15, 0.2) is 0 Å². The van der Waals surface area contributed by atoms with Crippen molar-refractivity contribution in [3.05, 3.63) is 0 Å². The summed E-state index contributed by atoms with van der Waals surface area (Å²) in [6.07, 6.45) is -7.43. The van der Waals surface area contributed by atoms with Crippen LogP contribution in [0.15, 0.2) is 0 Å². The summed E-state index contributed by atoms with van der Waals surface area (Å²) in [5, 5.41) is 96.3. The van der Waals surface area contributed by atoms with Crippen molar-refractivity contribution in [2.75, 3.05) is 13.2 Å². The van der Waals surface area contributed by atoms with Gasteiger partial charge in [-0.2, -0.15) is 0 Å². The van der Waals surface area contributed by atoms with E-state index in [0.717, 1.165) is 38.5 Å². The Morgan fingerprint density at radius 3 is 1.72 bits per heavy atom. The van der Waals surface area contributed by atoms with E-state index in [-0.39, 0.29) is 25.2 Å². The lowest BCUT2D eigenvalue weighted by Crippen LogP contribution is -2.64. The van der Waals surface area contributed by atoms with E-state index in [0.29, 0.717) is 12.8 Å². The number of rotatable bonds is 17. The van der Waals surface area contributed by atoms with E-state index >= 15 is 0 Å². The third kappa shape index (κ3) is 10.7. The van der Waals surface area contributed by atoms with Gasteiger partial charge in [-0.05, 0) is 32.6 Å². The van der Waals surface area contributed by atoms with Gasteiger partial charge in [-0.3, -0.25) is 9.59 Å². The SMILES string of the molecule is CC(=O)N[C@@H]1[C@@H](O)[C@H](C[C@@H]2O[C@H](CO)[C@H](O)[C@H](O)[C@H]2C[C@@H]2O[C@@H](C)[C@@H](O)[C@@H](O)[C@@H]2O)[C@@H](CO)O[C@H]1CCCCCCCCCC(=O)O. The summed E-state index contributed by atoms with van der Waals surface area (Å²) in [4.78, 5) is 22.8. The molecule has 1 amide bonds. The zero-order chi connectivity index (χ0) is 34.8. The zero-order valence-corrected chi connectivity index (χ0v) is 27.4. The molecule has 0 aromatic heterocycles. The normalized spacial score (nSPS) is 41.0.